The van der Waals surface area contributed by atoms with E-state index >= 15 is 0 Å². The van der Waals surface area contributed by atoms with E-state index in [2.05, 4.69) is 25.2 Å². The van der Waals surface area contributed by atoms with E-state index in [0.29, 0.717) is 0 Å². The van der Waals surface area contributed by atoms with Crippen molar-refractivity contribution in [1.29, 1.82) is 0 Å². The van der Waals surface area contributed by atoms with Crippen LogP contribution in [0.3, 0.4) is 0 Å². The maximum absolute atomic E-state index is 5.81. The highest BCUT2D eigenvalue weighted by Gasteiger charge is 2.28. The zero-order chi connectivity index (χ0) is 8.91. The molecule has 0 spiro atoms. The third kappa shape index (κ3) is 4.10. The van der Waals surface area contributed by atoms with Crippen LogP contribution in [-0.2, 0) is 0 Å². The van der Waals surface area contributed by atoms with Gasteiger partial charge in [0.25, 0.3) is 0 Å². The Morgan fingerprint density at radius 1 is 1.18 bits per heavy atom. The molecular formula is C5H17Cl2NSi3. The van der Waals surface area contributed by atoms with E-state index in [1.165, 1.54) is 0 Å². The average molecular weight is 246 g/mol. The summed E-state index contributed by atoms with van der Waals surface area (Å²) in [6, 6.07) is 0. The van der Waals surface area contributed by atoms with Crippen molar-refractivity contribution in [1.82, 2.24) is 4.57 Å². The molecule has 0 heterocycles. The fraction of sp³-hybridized carbons (Fsp3) is 1.00. The van der Waals surface area contributed by atoms with Crippen molar-refractivity contribution < 1.29 is 0 Å². The summed E-state index contributed by atoms with van der Waals surface area (Å²) < 4.78 is 2.45. The van der Waals surface area contributed by atoms with E-state index < -0.39 is 7.27 Å². The van der Waals surface area contributed by atoms with Crippen LogP contribution in [0.25, 0.3) is 0 Å². The molecule has 6 heteroatoms. The van der Waals surface area contributed by atoms with Gasteiger partial charge in [0, 0.05) is 29.1 Å². The Bertz CT molecular complexity index is 106. The lowest BCUT2D eigenvalue weighted by Gasteiger charge is -2.32. The van der Waals surface area contributed by atoms with Gasteiger partial charge in [-0.2, -0.15) is 0 Å². The molecule has 68 valence electrons. The first-order chi connectivity index (χ1) is 5.06. The van der Waals surface area contributed by atoms with Crippen molar-refractivity contribution in [2.45, 2.75) is 6.55 Å². The van der Waals surface area contributed by atoms with Crippen LogP contribution < -0.4 is 0 Å². The molecule has 0 amide bonds. The molecule has 0 saturated heterocycles. The van der Waals surface area contributed by atoms with Crippen LogP contribution in [0.2, 0.25) is 6.55 Å². The Morgan fingerprint density at radius 2 is 1.55 bits per heavy atom. The van der Waals surface area contributed by atoms with Gasteiger partial charge < -0.3 is 4.57 Å². The van der Waals surface area contributed by atoms with Gasteiger partial charge >= 0.3 is 0 Å². The predicted molar refractivity (Wildman–Crippen MR) is 63.8 cm³/mol. The maximum Gasteiger partial charge on any atom is 0.0943 e. The number of hydrogen-bond donors (Lipinski definition) is 0. The first-order valence-corrected chi connectivity index (χ1v) is 14.0. The first-order valence-electron chi connectivity index (χ1n) is 3.86. The molecule has 0 aromatic heterocycles. The smallest absolute Gasteiger partial charge is 0.0943 e. The minimum absolute atomic E-state index is 0.0117. The van der Waals surface area contributed by atoms with Crippen LogP contribution in [0.4, 0.5) is 0 Å². The van der Waals surface area contributed by atoms with Gasteiger partial charge in [0.05, 0.1) is 7.27 Å². The minimum Gasteiger partial charge on any atom is -0.334 e. The molecule has 0 bridgehead atoms. The van der Waals surface area contributed by atoms with Gasteiger partial charge in [-0.3, -0.25) is 0 Å². The van der Waals surface area contributed by atoms with Crippen molar-refractivity contribution in [3.8, 4) is 0 Å². The van der Waals surface area contributed by atoms with Crippen LogP contribution >= 0.6 is 23.2 Å². The number of alkyl halides is 2. The van der Waals surface area contributed by atoms with Crippen molar-refractivity contribution in [3.05, 3.63) is 0 Å². The molecule has 0 fully saturated rings. The summed E-state index contributed by atoms with van der Waals surface area (Å²) in [7, 11) is 3.40. The standard InChI is InChI=1S/C5H17Cl2NSi3/c1-8(2)11(3,9-4-6)10-5-7/h4-5,9-10H2,1-3H3. The molecule has 0 N–H and O–H groups in total. The van der Waals surface area contributed by atoms with E-state index in [1.54, 1.807) is 0 Å². The first kappa shape index (κ1) is 12.2. The summed E-state index contributed by atoms with van der Waals surface area (Å²) in [5.41, 5.74) is 1.87. The zero-order valence-electron chi connectivity index (χ0n) is 7.53. The lowest BCUT2D eigenvalue weighted by molar-refractivity contribution is 0.650. The van der Waals surface area contributed by atoms with Gasteiger partial charge in [-0.1, -0.05) is 6.55 Å². The van der Waals surface area contributed by atoms with Gasteiger partial charge in [0.15, 0.2) is 0 Å². The molecule has 0 aliphatic rings. The minimum atomic E-state index is -0.980. The third-order valence-electron chi connectivity index (χ3n) is 2.35. The second-order valence-electron chi connectivity index (χ2n) is 3.27. The summed E-state index contributed by atoms with van der Waals surface area (Å²) in [5, 5.41) is 0. The van der Waals surface area contributed by atoms with Crippen molar-refractivity contribution in [2.75, 3.05) is 25.1 Å². The van der Waals surface area contributed by atoms with Crippen LogP contribution in [0.1, 0.15) is 0 Å². The van der Waals surface area contributed by atoms with E-state index in [1.807, 2.05) is 0 Å². The monoisotopic (exact) mass is 245 g/mol. The Labute approximate surface area is 84.8 Å². The van der Waals surface area contributed by atoms with E-state index in [4.69, 9.17) is 23.2 Å². The molecule has 0 saturated carbocycles. The lowest BCUT2D eigenvalue weighted by atomic mass is 11.3. The molecule has 0 aliphatic heterocycles. The van der Waals surface area contributed by atoms with Crippen LogP contribution in [0, 0.1) is 0 Å². The van der Waals surface area contributed by atoms with Gasteiger partial charge in [-0.25, -0.2) is 0 Å². The Balaban J connectivity index is 4.01. The predicted octanol–water partition coefficient (Wildman–Crippen LogP) is -0.153. The van der Waals surface area contributed by atoms with Crippen molar-refractivity contribution in [2.24, 2.45) is 0 Å². The van der Waals surface area contributed by atoms with Crippen LogP contribution in [0.5, 0.6) is 0 Å². The molecule has 0 aliphatic carbocycles. The third-order valence-corrected chi connectivity index (χ3v) is 28.2. The molecule has 0 aromatic carbocycles. The fourth-order valence-corrected chi connectivity index (χ4v) is 25.6. The second kappa shape index (κ2) is 5.77. The highest BCUT2D eigenvalue weighted by molar-refractivity contribution is 7.49. The van der Waals surface area contributed by atoms with Gasteiger partial charge in [0.2, 0.25) is 0 Å². The van der Waals surface area contributed by atoms with E-state index in [0.717, 1.165) is 11.0 Å². The quantitative estimate of drug-likeness (QED) is 0.482. The molecule has 11 heavy (non-hydrogen) atoms. The Hall–Kier alpha value is 1.19. The lowest BCUT2D eigenvalue weighted by Crippen LogP contribution is -2.59. The largest absolute Gasteiger partial charge is 0.334 e. The van der Waals surface area contributed by atoms with Crippen molar-refractivity contribution in [3.63, 3.8) is 0 Å². The number of rotatable bonds is 5. The summed E-state index contributed by atoms with van der Waals surface area (Å²) in [4.78, 5) is 0. The molecular weight excluding hydrogens is 229 g/mol. The molecule has 1 nitrogen and oxygen atoms in total. The second-order valence-corrected chi connectivity index (χ2v) is 26.3. The maximum atomic E-state index is 5.81. The average Bonchev–Trinajstić information content (AvgIpc) is 1.88. The van der Waals surface area contributed by atoms with Crippen molar-refractivity contribution >= 4 is 48.5 Å². The number of hydrogen-bond acceptors (Lipinski definition) is 1. The molecule has 0 radical (unpaired) electrons. The number of halogens is 2. The summed E-state index contributed by atoms with van der Waals surface area (Å²) >= 11 is 11.6. The van der Waals surface area contributed by atoms with Gasteiger partial charge in [0.1, 0.15) is 0 Å². The van der Waals surface area contributed by atoms with Crippen LogP contribution in [-0.4, -0.2) is 55.0 Å². The normalized spacial score (nSPS) is 19.1. The van der Waals surface area contributed by atoms with E-state index in [-0.39, 0.29) is 18.1 Å². The van der Waals surface area contributed by atoms with Crippen LogP contribution in [0.15, 0.2) is 0 Å². The highest BCUT2D eigenvalue weighted by Crippen LogP contribution is 2.03. The molecule has 0 atom stereocenters. The topological polar surface area (TPSA) is 3.24 Å². The van der Waals surface area contributed by atoms with Gasteiger partial charge in [-0.05, 0) is 14.1 Å². The molecule has 0 aromatic rings. The SMILES string of the molecule is CN(C)[Si](C)([SiH2]CCl)[SiH2]CCl. The Kier molecular flexibility index (Phi) is 6.40. The molecule has 0 rings (SSSR count). The Morgan fingerprint density at radius 3 is 1.73 bits per heavy atom. The fourth-order valence-electron chi connectivity index (χ4n) is 0.979. The van der Waals surface area contributed by atoms with E-state index in [9.17, 15) is 0 Å². The summed E-state index contributed by atoms with van der Waals surface area (Å²) in [5.74, 6) is 0. The zero-order valence-corrected chi connectivity index (χ0v) is 12.9. The summed E-state index contributed by atoms with van der Waals surface area (Å²) in [6.45, 7) is 2.45. The molecule has 0 unspecified atom stereocenters. The highest BCUT2D eigenvalue weighted by atomic mass is 35.5. The summed E-state index contributed by atoms with van der Waals surface area (Å²) in [6.07, 6.45) is 0. The number of nitrogens with zero attached hydrogens (tertiary/aromatic N) is 1. The van der Waals surface area contributed by atoms with Gasteiger partial charge in [-0.15, -0.1) is 23.2 Å².